The molecule has 2 aliphatic rings. The van der Waals surface area contributed by atoms with Gasteiger partial charge < -0.3 is 15.4 Å². The molecule has 0 unspecified atom stereocenters. The zero-order valence-corrected chi connectivity index (χ0v) is 17.0. The molecule has 2 fully saturated rings. The van der Waals surface area contributed by atoms with Crippen LogP contribution in [0.3, 0.4) is 0 Å². The lowest BCUT2D eigenvalue weighted by Crippen LogP contribution is -2.54. The van der Waals surface area contributed by atoms with Gasteiger partial charge in [0.05, 0.1) is 0 Å². The van der Waals surface area contributed by atoms with Gasteiger partial charge in [-0.15, -0.1) is 0 Å². The molecule has 0 radical (unpaired) electrons. The number of amides is 4. The van der Waals surface area contributed by atoms with E-state index in [1.807, 2.05) is 6.92 Å². The Labute approximate surface area is 174 Å². The molecule has 1 aliphatic heterocycles. The molecule has 1 aromatic rings. The van der Waals surface area contributed by atoms with Gasteiger partial charge in [-0.3, -0.25) is 24.1 Å². The van der Waals surface area contributed by atoms with Gasteiger partial charge in [0.1, 0.15) is 12.1 Å². The van der Waals surface area contributed by atoms with Crippen LogP contribution in [0.5, 0.6) is 0 Å². The monoisotopic (exact) mass is 415 g/mol. The Morgan fingerprint density at radius 1 is 1.20 bits per heavy atom. The van der Waals surface area contributed by atoms with Gasteiger partial charge in [0.2, 0.25) is 0 Å². The van der Waals surface area contributed by atoms with E-state index in [1.165, 1.54) is 6.92 Å². The minimum atomic E-state index is -0.945. The summed E-state index contributed by atoms with van der Waals surface area (Å²) < 4.78 is 4.92. The Bertz CT molecular complexity index is 881. The number of benzene rings is 1. The Morgan fingerprint density at radius 3 is 2.53 bits per heavy atom. The quantitative estimate of drug-likeness (QED) is 0.416. The Balaban J connectivity index is 1.50. The summed E-state index contributed by atoms with van der Waals surface area (Å²) in [6, 6.07) is 5.66. The number of ketones is 1. The first-order valence-electron chi connectivity index (χ1n) is 9.93. The molecular weight excluding hydrogens is 390 g/mol. The Morgan fingerprint density at radius 2 is 1.90 bits per heavy atom. The van der Waals surface area contributed by atoms with Crippen LogP contribution in [-0.4, -0.2) is 53.2 Å². The summed E-state index contributed by atoms with van der Waals surface area (Å²) in [6.07, 6.45) is 3.22. The highest BCUT2D eigenvalue weighted by molar-refractivity contribution is 6.09. The second kappa shape index (κ2) is 8.64. The highest BCUT2D eigenvalue weighted by atomic mass is 16.5. The average Bonchev–Trinajstić information content (AvgIpc) is 2.94. The predicted octanol–water partition coefficient (Wildman–Crippen LogP) is 1.87. The first-order chi connectivity index (χ1) is 14.2. The van der Waals surface area contributed by atoms with E-state index in [1.54, 1.807) is 24.3 Å². The number of esters is 1. The van der Waals surface area contributed by atoms with Crippen LogP contribution in [0.2, 0.25) is 0 Å². The maximum absolute atomic E-state index is 12.8. The SMILES string of the molecule is CC(=O)c1ccc(NC(=O)COC(=O)CN2C(=O)N[C@@]3(CCCC[C@H]3C)C2=O)cc1. The van der Waals surface area contributed by atoms with E-state index < -0.39 is 42.5 Å². The van der Waals surface area contributed by atoms with Crippen molar-refractivity contribution >= 4 is 35.3 Å². The van der Waals surface area contributed by atoms with Crippen molar-refractivity contribution in [2.24, 2.45) is 5.92 Å². The number of carbonyl (C=O) groups is 5. The summed E-state index contributed by atoms with van der Waals surface area (Å²) in [7, 11) is 0. The molecule has 2 N–H and O–H groups in total. The van der Waals surface area contributed by atoms with Gasteiger partial charge >= 0.3 is 12.0 Å². The molecule has 9 heteroatoms. The average molecular weight is 415 g/mol. The van der Waals surface area contributed by atoms with E-state index in [2.05, 4.69) is 10.6 Å². The van der Waals surface area contributed by atoms with Crippen LogP contribution in [0, 0.1) is 5.92 Å². The van der Waals surface area contributed by atoms with Gasteiger partial charge in [-0.05, 0) is 49.9 Å². The number of nitrogens with zero attached hydrogens (tertiary/aromatic N) is 1. The van der Waals surface area contributed by atoms with Gasteiger partial charge in [-0.1, -0.05) is 19.8 Å². The lowest BCUT2D eigenvalue weighted by molar-refractivity contribution is -0.150. The highest BCUT2D eigenvalue weighted by Crippen LogP contribution is 2.38. The van der Waals surface area contributed by atoms with Crippen LogP contribution in [-0.2, 0) is 19.1 Å². The van der Waals surface area contributed by atoms with Crippen LogP contribution in [0.15, 0.2) is 24.3 Å². The van der Waals surface area contributed by atoms with Gasteiger partial charge in [-0.2, -0.15) is 0 Å². The first-order valence-corrected chi connectivity index (χ1v) is 9.93. The maximum Gasteiger partial charge on any atom is 0.326 e. The molecule has 1 heterocycles. The molecule has 1 aromatic carbocycles. The molecule has 1 aliphatic carbocycles. The summed E-state index contributed by atoms with van der Waals surface area (Å²) in [5.41, 5.74) is 0.0142. The van der Waals surface area contributed by atoms with Crippen molar-refractivity contribution < 1.29 is 28.7 Å². The third-order valence-corrected chi connectivity index (χ3v) is 5.73. The van der Waals surface area contributed by atoms with E-state index >= 15 is 0 Å². The molecule has 1 spiro atoms. The summed E-state index contributed by atoms with van der Waals surface area (Å²) in [5, 5.41) is 5.30. The number of anilines is 1. The van der Waals surface area contributed by atoms with Crippen molar-refractivity contribution in [3.05, 3.63) is 29.8 Å². The fourth-order valence-electron chi connectivity index (χ4n) is 3.95. The normalized spacial score (nSPS) is 23.3. The van der Waals surface area contributed by atoms with Gasteiger partial charge in [0.15, 0.2) is 12.4 Å². The molecule has 160 valence electrons. The number of hydrogen-bond acceptors (Lipinski definition) is 6. The Hall–Kier alpha value is -3.23. The molecule has 1 saturated heterocycles. The number of urea groups is 1. The summed E-state index contributed by atoms with van der Waals surface area (Å²) in [4.78, 5) is 61.3. The van der Waals surface area contributed by atoms with Gasteiger partial charge in [-0.25, -0.2) is 4.79 Å². The van der Waals surface area contributed by atoms with Crippen LogP contribution in [0.1, 0.15) is 49.9 Å². The van der Waals surface area contributed by atoms with Crippen molar-refractivity contribution in [3.63, 3.8) is 0 Å². The van der Waals surface area contributed by atoms with Crippen molar-refractivity contribution in [2.45, 2.75) is 45.1 Å². The predicted molar refractivity (Wildman–Crippen MR) is 107 cm³/mol. The van der Waals surface area contributed by atoms with Crippen molar-refractivity contribution in [1.82, 2.24) is 10.2 Å². The van der Waals surface area contributed by atoms with Crippen LogP contribution in [0.4, 0.5) is 10.5 Å². The van der Waals surface area contributed by atoms with Gasteiger partial charge in [0, 0.05) is 11.3 Å². The lowest BCUT2D eigenvalue weighted by Gasteiger charge is -2.36. The molecule has 4 amide bonds. The van der Waals surface area contributed by atoms with Crippen molar-refractivity contribution in [1.29, 1.82) is 0 Å². The second-order valence-corrected chi connectivity index (χ2v) is 7.78. The number of Topliss-reactive ketones (excluding diaryl/α,β-unsaturated/α-hetero) is 1. The Kier molecular flexibility index (Phi) is 6.19. The third-order valence-electron chi connectivity index (χ3n) is 5.73. The standard InChI is InChI=1S/C21H25N3O6/c1-13-5-3-4-10-21(13)19(28)24(20(29)23-21)11-18(27)30-12-17(26)22-16-8-6-15(7-9-16)14(2)25/h6-9,13H,3-5,10-12H2,1-2H3,(H,22,26)(H,23,29)/t13-,21-/m1/s1. The van der Waals surface area contributed by atoms with E-state index in [4.69, 9.17) is 4.74 Å². The number of hydrogen-bond donors (Lipinski definition) is 2. The molecule has 0 aromatic heterocycles. The van der Waals surface area contributed by atoms with Crippen LogP contribution >= 0.6 is 0 Å². The number of ether oxygens (including phenoxy) is 1. The molecule has 1 saturated carbocycles. The summed E-state index contributed by atoms with van der Waals surface area (Å²) in [6.45, 7) is 2.26. The van der Waals surface area contributed by atoms with Crippen molar-refractivity contribution in [3.8, 4) is 0 Å². The summed E-state index contributed by atoms with van der Waals surface area (Å²) in [5.74, 6) is -1.93. The fraction of sp³-hybridized carbons (Fsp3) is 0.476. The van der Waals surface area contributed by atoms with Crippen LogP contribution in [0.25, 0.3) is 0 Å². The fourth-order valence-corrected chi connectivity index (χ4v) is 3.95. The zero-order chi connectivity index (χ0) is 21.9. The summed E-state index contributed by atoms with van der Waals surface area (Å²) >= 11 is 0. The molecule has 2 atom stereocenters. The lowest BCUT2D eigenvalue weighted by atomic mass is 9.73. The largest absolute Gasteiger partial charge is 0.454 e. The molecule has 3 rings (SSSR count). The molecule has 30 heavy (non-hydrogen) atoms. The minimum absolute atomic E-state index is 0.0103. The van der Waals surface area contributed by atoms with E-state index in [9.17, 15) is 24.0 Å². The zero-order valence-electron chi connectivity index (χ0n) is 17.0. The highest BCUT2D eigenvalue weighted by Gasteiger charge is 2.55. The number of nitrogens with one attached hydrogen (secondary N) is 2. The van der Waals surface area contributed by atoms with Crippen molar-refractivity contribution in [2.75, 3.05) is 18.5 Å². The maximum atomic E-state index is 12.8. The third kappa shape index (κ3) is 4.34. The number of imide groups is 1. The second-order valence-electron chi connectivity index (χ2n) is 7.78. The van der Waals surface area contributed by atoms with Crippen LogP contribution < -0.4 is 10.6 Å². The number of carbonyl (C=O) groups excluding carboxylic acids is 5. The molecular formula is C21H25N3O6. The minimum Gasteiger partial charge on any atom is -0.454 e. The van der Waals surface area contributed by atoms with E-state index in [0.29, 0.717) is 17.7 Å². The molecule has 9 nitrogen and oxygen atoms in total. The number of rotatable bonds is 6. The molecule has 0 bridgehead atoms. The van der Waals surface area contributed by atoms with E-state index in [0.717, 1.165) is 24.2 Å². The smallest absolute Gasteiger partial charge is 0.326 e. The first kappa shape index (κ1) is 21.5. The van der Waals surface area contributed by atoms with E-state index in [-0.39, 0.29) is 11.7 Å². The topological polar surface area (TPSA) is 122 Å². The van der Waals surface area contributed by atoms with Gasteiger partial charge in [0.25, 0.3) is 11.8 Å².